The maximum Gasteiger partial charge on any atom is 0.114 e. The molecule has 0 bridgehead atoms. The molecule has 3 aromatic rings. The van der Waals surface area contributed by atoms with E-state index in [0.29, 0.717) is 13.2 Å². The summed E-state index contributed by atoms with van der Waals surface area (Å²) >= 11 is 1.60. The van der Waals surface area contributed by atoms with Gasteiger partial charge in [0.05, 0.1) is 13.2 Å². The van der Waals surface area contributed by atoms with E-state index in [1.54, 1.807) is 11.3 Å². The Balaban J connectivity index is 1.59. The molecule has 3 rings (SSSR count). The molecule has 27 heavy (non-hydrogen) atoms. The van der Waals surface area contributed by atoms with Crippen molar-refractivity contribution in [2.45, 2.75) is 38.5 Å². The SMILES string of the molecule is CCC[C@@H](ON[C@@H](COCc1ccccc1)c1nccs1)c1ccccc1. The van der Waals surface area contributed by atoms with Crippen LogP contribution >= 0.6 is 11.3 Å². The fourth-order valence-electron chi connectivity index (χ4n) is 2.82. The predicted molar refractivity (Wildman–Crippen MR) is 109 cm³/mol. The topological polar surface area (TPSA) is 43.4 Å². The minimum absolute atomic E-state index is 0.00721. The molecule has 2 aromatic carbocycles. The second-order valence-electron chi connectivity index (χ2n) is 6.35. The van der Waals surface area contributed by atoms with Crippen molar-refractivity contribution in [3.8, 4) is 0 Å². The highest BCUT2D eigenvalue weighted by atomic mass is 32.1. The first-order valence-corrected chi connectivity index (χ1v) is 10.2. The van der Waals surface area contributed by atoms with Gasteiger partial charge in [0, 0.05) is 11.6 Å². The van der Waals surface area contributed by atoms with E-state index in [1.165, 1.54) is 5.56 Å². The molecular formula is C22H26N2O2S. The molecule has 1 heterocycles. The van der Waals surface area contributed by atoms with Gasteiger partial charge in [0.2, 0.25) is 0 Å². The first-order valence-electron chi connectivity index (χ1n) is 9.34. The quantitative estimate of drug-likeness (QED) is 0.447. The molecule has 0 saturated heterocycles. The molecule has 0 aliphatic carbocycles. The number of ether oxygens (including phenoxy) is 1. The summed E-state index contributed by atoms with van der Waals surface area (Å²) in [5.41, 5.74) is 5.55. The highest BCUT2D eigenvalue weighted by molar-refractivity contribution is 7.09. The summed E-state index contributed by atoms with van der Waals surface area (Å²) in [6, 6.07) is 20.4. The van der Waals surface area contributed by atoms with Gasteiger partial charge in [0.15, 0.2) is 0 Å². The van der Waals surface area contributed by atoms with Crippen LogP contribution in [-0.2, 0) is 16.2 Å². The normalized spacial score (nSPS) is 13.4. The lowest BCUT2D eigenvalue weighted by molar-refractivity contribution is -0.0672. The Kier molecular flexibility index (Phi) is 7.99. The molecule has 0 fully saturated rings. The van der Waals surface area contributed by atoms with Gasteiger partial charge >= 0.3 is 0 Å². The molecule has 1 N–H and O–H groups in total. The smallest absolute Gasteiger partial charge is 0.114 e. The monoisotopic (exact) mass is 382 g/mol. The first kappa shape index (κ1) is 19.7. The molecule has 142 valence electrons. The zero-order chi connectivity index (χ0) is 18.7. The fourth-order valence-corrected chi connectivity index (χ4v) is 3.48. The van der Waals surface area contributed by atoms with Gasteiger partial charge in [-0.3, -0.25) is 4.84 Å². The summed E-state index contributed by atoms with van der Waals surface area (Å²) in [5, 5.41) is 2.94. The number of thiazole rings is 1. The molecule has 0 radical (unpaired) electrons. The van der Waals surface area contributed by atoms with Crippen LogP contribution in [0, 0.1) is 0 Å². The van der Waals surface area contributed by atoms with Crippen LogP contribution in [0.1, 0.15) is 48.0 Å². The molecule has 5 heteroatoms. The molecule has 0 aliphatic heterocycles. The third-order valence-corrected chi connectivity index (χ3v) is 5.11. The zero-order valence-corrected chi connectivity index (χ0v) is 16.4. The van der Waals surface area contributed by atoms with E-state index >= 15 is 0 Å². The maximum atomic E-state index is 6.09. The molecular weight excluding hydrogens is 356 g/mol. The molecule has 0 spiro atoms. The van der Waals surface area contributed by atoms with Gasteiger partial charge in [-0.1, -0.05) is 74.0 Å². The standard InChI is InChI=1S/C22H26N2O2S/c1-2-9-21(19-12-7-4-8-13-19)26-24-20(22-23-14-15-27-22)17-25-16-18-10-5-3-6-11-18/h3-8,10-15,20-21,24H,2,9,16-17H2,1H3/t20-,21+/m0/s1. The summed E-state index contributed by atoms with van der Waals surface area (Å²) in [6.45, 7) is 3.23. The molecule has 0 amide bonds. The largest absolute Gasteiger partial charge is 0.375 e. The van der Waals surface area contributed by atoms with E-state index in [-0.39, 0.29) is 12.1 Å². The third-order valence-electron chi connectivity index (χ3n) is 4.22. The average Bonchev–Trinajstić information content (AvgIpc) is 3.25. The number of aromatic nitrogens is 1. The summed E-state index contributed by atoms with van der Waals surface area (Å²) in [7, 11) is 0. The molecule has 0 unspecified atom stereocenters. The van der Waals surface area contributed by atoms with E-state index in [0.717, 1.165) is 23.4 Å². The third kappa shape index (κ3) is 6.26. The van der Waals surface area contributed by atoms with Gasteiger partial charge in [0.1, 0.15) is 17.2 Å². The van der Waals surface area contributed by atoms with Gasteiger partial charge < -0.3 is 4.74 Å². The van der Waals surface area contributed by atoms with Crippen LogP contribution in [0.3, 0.4) is 0 Å². The van der Waals surface area contributed by atoms with Crippen molar-refractivity contribution < 1.29 is 9.57 Å². The van der Waals surface area contributed by atoms with Gasteiger partial charge in [-0.15, -0.1) is 11.3 Å². The Morgan fingerprint density at radius 1 is 1.04 bits per heavy atom. The lowest BCUT2D eigenvalue weighted by Crippen LogP contribution is -2.27. The number of nitrogens with zero attached hydrogens (tertiary/aromatic N) is 1. The van der Waals surface area contributed by atoms with Crippen LogP contribution in [0.2, 0.25) is 0 Å². The minimum atomic E-state index is -0.100. The average molecular weight is 383 g/mol. The zero-order valence-electron chi connectivity index (χ0n) is 15.6. The van der Waals surface area contributed by atoms with Crippen LogP contribution in [-0.4, -0.2) is 11.6 Å². The van der Waals surface area contributed by atoms with Crippen LogP contribution < -0.4 is 5.48 Å². The van der Waals surface area contributed by atoms with E-state index in [1.807, 2.05) is 48.0 Å². The van der Waals surface area contributed by atoms with E-state index in [2.05, 4.69) is 41.7 Å². The van der Waals surface area contributed by atoms with Crippen molar-refractivity contribution in [2.24, 2.45) is 0 Å². The number of nitrogens with one attached hydrogen (secondary N) is 1. The van der Waals surface area contributed by atoms with Crippen molar-refractivity contribution in [1.82, 2.24) is 10.5 Å². The second-order valence-corrected chi connectivity index (χ2v) is 7.27. The Morgan fingerprint density at radius 2 is 1.78 bits per heavy atom. The van der Waals surface area contributed by atoms with Crippen molar-refractivity contribution in [1.29, 1.82) is 0 Å². The molecule has 0 aliphatic rings. The molecule has 0 saturated carbocycles. The highest BCUT2D eigenvalue weighted by Gasteiger charge is 2.18. The second kappa shape index (κ2) is 10.9. The van der Waals surface area contributed by atoms with E-state index in [9.17, 15) is 0 Å². The van der Waals surface area contributed by atoms with Crippen LogP contribution in [0.4, 0.5) is 0 Å². The lowest BCUT2D eigenvalue weighted by Gasteiger charge is -2.22. The molecule has 4 nitrogen and oxygen atoms in total. The van der Waals surface area contributed by atoms with Crippen molar-refractivity contribution in [3.63, 3.8) is 0 Å². The van der Waals surface area contributed by atoms with Crippen molar-refractivity contribution >= 4 is 11.3 Å². The first-order chi connectivity index (χ1) is 13.4. The van der Waals surface area contributed by atoms with Gasteiger partial charge in [-0.25, -0.2) is 4.98 Å². The molecule has 2 atom stereocenters. The Hall–Kier alpha value is -2.05. The predicted octanol–water partition coefficient (Wildman–Crippen LogP) is 5.46. The van der Waals surface area contributed by atoms with Crippen molar-refractivity contribution in [2.75, 3.05) is 6.61 Å². The van der Waals surface area contributed by atoms with Gasteiger partial charge in [-0.2, -0.15) is 5.48 Å². The number of hydroxylamine groups is 1. The summed E-state index contributed by atoms with van der Waals surface area (Å²) in [6.07, 6.45) is 3.82. The Morgan fingerprint density at radius 3 is 2.44 bits per heavy atom. The number of rotatable bonds is 11. The number of hydrogen-bond acceptors (Lipinski definition) is 5. The molecule has 1 aromatic heterocycles. The Labute approximate surface area is 165 Å². The fraction of sp³-hybridized carbons (Fsp3) is 0.318. The van der Waals surface area contributed by atoms with Gasteiger partial charge in [0.25, 0.3) is 0 Å². The lowest BCUT2D eigenvalue weighted by atomic mass is 10.1. The van der Waals surface area contributed by atoms with E-state index in [4.69, 9.17) is 9.57 Å². The maximum absolute atomic E-state index is 6.09. The summed E-state index contributed by atoms with van der Waals surface area (Å²) in [5.74, 6) is 0. The highest BCUT2D eigenvalue weighted by Crippen LogP contribution is 2.24. The Bertz CT molecular complexity index is 751. The van der Waals surface area contributed by atoms with Crippen LogP contribution in [0.15, 0.2) is 72.2 Å². The summed E-state index contributed by atoms with van der Waals surface area (Å²) < 4.78 is 5.93. The summed E-state index contributed by atoms with van der Waals surface area (Å²) in [4.78, 5) is 10.5. The number of benzene rings is 2. The van der Waals surface area contributed by atoms with Crippen LogP contribution in [0.5, 0.6) is 0 Å². The van der Waals surface area contributed by atoms with Crippen molar-refractivity contribution in [3.05, 3.63) is 88.4 Å². The van der Waals surface area contributed by atoms with Crippen LogP contribution in [0.25, 0.3) is 0 Å². The van der Waals surface area contributed by atoms with Gasteiger partial charge in [-0.05, 0) is 17.5 Å². The minimum Gasteiger partial charge on any atom is -0.375 e. The number of hydrogen-bond donors (Lipinski definition) is 1. The van der Waals surface area contributed by atoms with E-state index < -0.39 is 0 Å².